The molecule has 1 rings (SSSR count). The molecule has 0 atom stereocenters. The molecule has 3 nitrogen and oxygen atoms in total. The minimum absolute atomic E-state index is 0.0106. The summed E-state index contributed by atoms with van der Waals surface area (Å²) in [6, 6.07) is 1.10. The minimum Gasteiger partial charge on any atom is -0.404 e. The lowest BCUT2D eigenvalue weighted by atomic mass is 10.2. The van der Waals surface area contributed by atoms with Gasteiger partial charge in [-0.25, -0.2) is 4.98 Å². The second kappa shape index (κ2) is 6.55. The molecule has 0 aliphatic carbocycles. The van der Waals surface area contributed by atoms with E-state index in [0.717, 1.165) is 12.3 Å². The minimum atomic E-state index is -4.81. The summed E-state index contributed by atoms with van der Waals surface area (Å²) in [6.45, 7) is 3.40. The molecule has 92 valence electrons. The van der Waals surface area contributed by atoms with Crippen molar-refractivity contribution in [3.8, 4) is 5.75 Å². The van der Waals surface area contributed by atoms with Crippen LogP contribution in [-0.2, 0) is 6.61 Å². The summed E-state index contributed by atoms with van der Waals surface area (Å²) in [5.74, 6) is -0.551. The van der Waals surface area contributed by atoms with Crippen molar-refractivity contribution in [2.45, 2.75) is 26.8 Å². The van der Waals surface area contributed by atoms with Gasteiger partial charge in [-0.15, -0.1) is 13.2 Å². The van der Waals surface area contributed by atoms with E-state index in [1.54, 1.807) is 0 Å². The van der Waals surface area contributed by atoms with Gasteiger partial charge in [0.05, 0.1) is 12.8 Å². The van der Waals surface area contributed by atoms with E-state index >= 15 is 0 Å². The number of rotatable bonds is 2. The zero-order valence-electron chi connectivity index (χ0n) is 8.68. The number of aliphatic hydroxyl groups excluding tert-OH is 1. The highest BCUT2D eigenvalue weighted by Gasteiger charge is 2.32. The highest BCUT2D eigenvalue weighted by atomic mass is 35.5. The lowest BCUT2D eigenvalue weighted by molar-refractivity contribution is -0.275. The number of hydrogen-bond donors (Lipinski definition) is 1. The fraction of sp³-hybridized carbons (Fsp3) is 0.444. The zero-order valence-corrected chi connectivity index (χ0v) is 9.43. The lowest BCUT2D eigenvalue weighted by Crippen LogP contribution is -2.18. The topological polar surface area (TPSA) is 42.4 Å². The first kappa shape index (κ1) is 15.0. The molecule has 0 aliphatic heterocycles. The average Bonchev–Trinajstić information content (AvgIpc) is 2.22. The maximum atomic E-state index is 11.8. The van der Waals surface area contributed by atoms with E-state index in [-0.39, 0.29) is 10.7 Å². The van der Waals surface area contributed by atoms with Crippen LogP contribution >= 0.6 is 11.6 Å². The molecule has 0 spiro atoms. The van der Waals surface area contributed by atoms with Gasteiger partial charge in [-0.1, -0.05) is 25.4 Å². The number of ether oxygens (including phenoxy) is 1. The predicted octanol–water partition coefficient (Wildman–Crippen LogP) is 3.15. The summed E-state index contributed by atoms with van der Waals surface area (Å²) >= 11 is 5.41. The summed E-state index contributed by atoms with van der Waals surface area (Å²) in [4.78, 5) is 3.40. The number of alkyl halides is 3. The van der Waals surface area contributed by atoms with Gasteiger partial charge in [0.15, 0.2) is 5.75 Å². The highest BCUT2D eigenvalue weighted by molar-refractivity contribution is 6.29. The van der Waals surface area contributed by atoms with Gasteiger partial charge in [0.1, 0.15) is 5.15 Å². The first-order valence-electron chi connectivity index (χ1n) is 4.43. The Hall–Kier alpha value is -1.01. The largest absolute Gasteiger partial charge is 0.573 e. The molecule has 1 aromatic rings. The molecule has 1 heterocycles. The molecule has 0 aromatic carbocycles. The summed E-state index contributed by atoms with van der Waals surface area (Å²) in [7, 11) is 0. The summed E-state index contributed by atoms with van der Waals surface area (Å²) in [5.41, 5.74) is -0.0673. The Kier molecular flexibility index (Phi) is 6.13. The summed E-state index contributed by atoms with van der Waals surface area (Å²) in [6.07, 6.45) is -4.00. The second-order valence-corrected chi connectivity index (χ2v) is 2.71. The number of halogens is 4. The summed E-state index contributed by atoms with van der Waals surface area (Å²) < 4.78 is 39.0. The van der Waals surface area contributed by atoms with E-state index < -0.39 is 18.7 Å². The molecule has 1 N–H and O–H groups in total. The molecule has 0 fully saturated rings. The Bertz CT molecular complexity index is 331. The van der Waals surface area contributed by atoms with Crippen LogP contribution in [0.3, 0.4) is 0 Å². The summed E-state index contributed by atoms with van der Waals surface area (Å²) in [5, 5.41) is 8.70. The maximum absolute atomic E-state index is 11.8. The van der Waals surface area contributed by atoms with Crippen molar-refractivity contribution in [1.29, 1.82) is 0 Å². The van der Waals surface area contributed by atoms with Crippen molar-refractivity contribution in [1.82, 2.24) is 4.98 Å². The van der Waals surface area contributed by atoms with Crippen LogP contribution in [0.5, 0.6) is 5.75 Å². The lowest BCUT2D eigenvalue weighted by Gasteiger charge is -2.11. The number of aliphatic hydroxyl groups is 1. The highest BCUT2D eigenvalue weighted by Crippen LogP contribution is 2.26. The van der Waals surface area contributed by atoms with Gasteiger partial charge in [-0.2, -0.15) is 0 Å². The van der Waals surface area contributed by atoms with Gasteiger partial charge in [-0.05, 0) is 6.07 Å². The van der Waals surface area contributed by atoms with E-state index in [9.17, 15) is 13.2 Å². The number of hydrogen-bond acceptors (Lipinski definition) is 3. The van der Waals surface area contributed by atoms with Gasteiger partial charge in [0.2, 0.25) is 0 Å². The molecular weight excluding hydrogens is 247 g/mol. The van der Waals surface area contributed by atoms with Crippen molar-refractivity contribution in [2.24, 2.45) is 0 Å². The van der Waals surface area contributed by atoms with Crippen LogP contribution in [0.25, 0.3) is 0 Å². The maximum Gasteiger partial charge on any atom is 0.573 e. The SMILES string of the molecule is CC.OCc1cc(Cl)ncc1OC(F)(F)F. The molecule has 0 bridgehead atoms. The number of aromatic nitrogens is 1. The van der Waals surface area contributed by atoms with Crippen molar-refractivity contribution in [3.05, 3.63) is 23.0 Å². The quantitative estimate of drug-likeness (QED) is 0.828. The first-order valence-corrected chi connectivity index (χ1v) is 4.81. The molecule has 7 heteroatoms. The van der Waals surface area contributed by atoms with Crippen molar-refractivity contribution >= 4 is 11.6 Å². The molecule has 16 heavy (non-hydrogen) atoms. The van der Waals surface area contributed by atoms with Crippen molar-refractivity contribution in [2.75, 3.05) is 0 Å². The van der Waals surface area contributed by atoms with Crippen molar-refractivity contribution < 1.29 is 23.0 Å². The van der Waals surface area contributed by atoms with Gasteiger partial charge in [0, 0.05) is 5.56 Å². The number of pyridine rings is 1. The van der Waals surface area contributed by atoms with Gasteiger partial charge in [0.25, 0.3) is 0 Å². The van der Waals surface area contributed by atoms with E-state index in [1.165, 1.54) is 0 Å². The van der Waals surface area contributed by atoms with Crippen LogP contribution in [0.15, 0.2) is 12.3 Å². The van der Waals surface area contributed by atoms with Gasteiger partial charge in [-0.3, -0.25) is 0 Å². The Labute approximate surface area is 95.8 Å². The average molecular weight is 258 g/mol. The Balaban J connectivity index is 0.00000106. The molecular formula is C9H11ClF3NO2. The van der Waals surface area contributed by atoms with E-state index in [1.807, 2.05) is 13.8 Å². The molecule has 0 unspecified atom stereocenters. The zero-order chi connectivity index (χ0) is 12.8. The molecule has 0 saturated carbocycles. The van der Waals surface area contributed by atoms with Crippen LogP contribution in [0.2, 0.25) is 5.15 Å². The molecule has 1 aromatic heterocycles. The van der Waals surface area contributed by atoms with Crippen LogP contribution < -0.4 is 4.74 Å². The molecule has 0 aliphatic rings. The van der Waals surface area contributed by atoms with Crippen LogP contribution in [-0.4, -0.2) is 16.5 Å². The molecule has 0 radical (unpaired) electrons. The fourth-order valence-electron chi connectivity index (χ4n) is 0.796. The van der Waals surface area contributed by atoms with E-state index in [2.05, 4.69) is 9.72 Å². The van der Waals surface area contributed by atoms with Crippen LogP contribution in [0, 0.1) is 0 Å². The standard InChI is InChI=1S/C7H5ClF3NO2.C2H6/c8-6-1-4(3-13)5(2-12-6)14-7(9,10)11;1-2/h1-2,13H,3H2;1-2H3. The van der Waals surface area contributed by atoms with Crippen molar-refractivity contribution in [3.63, 3.8) is 0 Å². The fourth-order valence-corrected chi connectivity index (χ4v) is 0.976. The molecule has 0 saturated heterocycles. The monoisotopic (exact) mass is 257 g/mol. The van der Waals surface area contributed by atoms with E-state index in [0.29, 0.717) is 0 Å². The van der Waals surface area contributed by atoms with Crippen LogP contribution in [0.4, 0.5) is 13.2 Å². The Morgan fingerprint density at radius 3 is 2.44 bits per heavy atom. The second-order valence-electron chi connectivity index (χ2n) is 2.32. The van der Waals surface area contributed by atoms with E-state index in [4.69, 9.17) is 16.7 Å². The molecule has 0 amide bonds. The number of nitrogens with zero attached hydrogens (tertiary/aromatic N) is 1. The smallest absolute Gasteiger partial charge is 0.404 e. The predicted molar refractivity (Wildman–Crippen MR) is 53.2 cm³/mol. The normalized spacial score (nSPS) is 10.4. The Morgan fingerprint density at radius 2 is 2.00 bits per heavy atom. The third kappa shape index (κ3) is 5.18. The Morgan fingerprint density at radius 1 is 1.44 bits per heavy atom. The van der Waals surface area contributed by atoms with Gasteiger partial charge < -0.3 is 9.84 Å². The first-order chi connectivity index (χ1) is 7.42. The van der Waals surface area contributed by atoms with Crippen LogP contribution in [0.1, 0.15) is 19.4 Å². The van der Waals surface area contributed by atoms with Gasteiger partial charge >= 0.3 is 6.36 Å². The third-order valence-electron chi connectivity index (χ3n) is 1.31. The third-order valence-corrected chi connectivity index (χ3v) is 1.52.